The Morgan fingerprint density at radius 1 is 1.20 bits per heavy atom. The summed E-state index contributed by atoms with van der Waals surface area (Å²) in [5, 5.41) is 10.5. The second-order valence-corrected chi connectivity index (χ2v) is 10.6. The Labute approximate surface area is 181 Å². The smallest absolute Gasteiger partial charge is 0.239 e. The first-order valence-electron chi connectivity index (χ1n) is 9.59. The van der Waals surface area contributed by atoms with Crippen molar-refractivity contribution >= 4 is 27.5 Å². The number of nitrogens with zero attached hydrogens (tertiary/aromatic N) is 1. The van der Waals surface area contributed by atoms with Gasteiger partial charge in [0, 0.05) is 36.4 Å². The van der Waals surface area contributed by atoms with Gasteiger partial charge in [0.1, 0.15) is 6.23 Å². The van der Waals surface area contributed by atoms with E-state index in [1.54, 1.807) is 24.1 Å². The molecular weight excluding hydrogens is 424 g/mol. The molecule has 1 aliphatic heterocycles. The third-order valence-electron chi connectivity index (χ3n) is 5.40. The molecule has 1 fully saturated rings. The average Bonchev–Trinajstić information content (AvgIpc) is 2.73. The molecule has 7 nitrogen and oxygen atoms in total. The molecule has 2 unspecified atom stereocenters. The van der Waals surface area contributed by atoms with Gasteiger partial charge in [-0.3, -0.25) is 9.69 Å². The summed E-state index contributed by atoms with van der Waals surface area (Å²) in [6.45, 7) is 1.07. The molecule has 0 radical (unpaired) electrons. The molecule has 162 valence electrons. The summed E-state index contributed by atoms with van der Waals surface area (Å²) < 4.78 is 30.0. The number of benzene rings is 2. The van der Waals surface area contributed by atoms with Gasteiger partial charge in [-0.1, -0.05) is 30.0 Å². The lowest BCUT2D eigenvalue weighted by Gasteiger charge is -2.42. The summed E-state index contributed by atoms with van der Waals surface area (Å²) in [5.74, 6) is -0.935. The molecule has 2 atom stereocenters. The Hall–Kier alpha value is -1.91. The highest BCUT2D eigenvalue weighted by Crippen LogP contribution is 2.38. The van der Waals surface area contributed by atoms with E-state index in [-0.39, 0.29) is 24.3 Å². The van der Waals surface area contributed by atoms with Gasteiger partial charge < -0.3 is 15.6 Å². The molecule has 0 aliphatic carbocycles. The second kappa shape index (κ2) is 9.49. The van der Waals surface area contributed by atoms with Gasteiger partial charge in [-0.25, -0.2) is 8.42 Å². The molecule has 3 rings (SSSR count). The Kier molecular flexibility index (Phi) is 7.20. The van der Waals surface area contributed by atoms with Crippen LogP contribution >= 0.6 is 11.8 Å². The number of rotatable bonds is 8. The minimum atomic E-state index is -4.09. The number of likely N-dealkylation sites (tertiary alicyclic amines) is 1. The molecule has 2 aromatic rings. The van der Waals surface area contributed by atoms with Crippen LogP contribution in [0.2, 0.25) is 0 Å². The zero-order chi connectivity index (χ0) is 21.8. The van der Waals surface area contributed by atoms with Crippen molar-refractivity contribution in [3.63, 3.8) is 0 Å². The first-order valence-corrected chi connectivity index (χ1v) is 11.9. The summed E-state index contributed by atoms with van der Waals surface area (Å²) in [7, 11) is -2.54. The first-order chi connectivity index (χ1) is 14.3. The SMILES string of the molecule is COCCN1CCC(C(N)=O)(S(=O)(=O)c2ccc(Sc3ccccc3)cc2)CC1O. The van der Waals surface area contributed by atoms with Crippen LogP contribution in [0.4, 0.5) is 0 Å². The molecule has 1 heterocycles. The molecular formula is C21H26N2O5S2. The predicted molar refractivity (Wildman–Crippen MR) is 115 cm³/mol. The maximum atomic E-state index is 13.4. The van der Waals surface area contributed by atoms with Crippen LogP contribution in [-0.4, -0.2) is 62.1 Å². The zero-order valence-corrected chi connectivity index (χ0v) is 18.4. The van der Waals surface area contributed by atoms with Crippen molar-refractivity contribution in [1.29, 1.82) is 0 Å². The van der Waals surface area contributed by atoms with Crippen molar-refractivity contribution in [1.82, 2.24) is 4.90 Å². The fourth-order valence-corrected chi connectivity index (χ4v) is 6.38. The Balaban J connectivity index is 1.84. The number of aliphatic hydroxyl groups excluding tert-OH is 1. The number of carbonyl (C=O) groups is 1. The number of methoxy groups -OCH3 is 1. The third kappa shape index (κ3) is 4.55. The van der Waals surface area contributed by atoms with Crippen molar-refractivity contribution in [3.05, 3.63) is 54.6 Å². The van der Waals surface area contributed by atoms with Crippen LogP contribution in [0.3, 0.4) is 0 Å². The van der Waals surface area contributed by atoms with Crippen LogP contribution in [0.25, 0.3) is 0 Å². The Morgan fingerprint density at radius 3 is 2.40 bits per heavy atom. The van der Waals surface area contributed by atoms with Gasteiger partial charge in [0.05, 0.1) is 11.5 Å². The fourth-order valence-electron chi connectivity index (χ4n) is 3.61. The largest absolute Gasteiger partial charge is 0.383 e. The first kappa shape index (κ1) is 22.8. The molecule has 1 amide bonds. The van der Waals surface area contributed by atoms with Crippen molar-refractivity contribution in [3.8, 4) is 0 Å². The minimum absolute atomic E-state index is 0.0198. The van der Waals surface area contributed by atoms with Gasteiger partial charge in [0.2, 0.25) is 5.91 Å². The van der Waals surface area contributed by atoms with E-state index in [2.05, 4.69) is 0 Å². The summed E-state index contributed by atoms with van der Waals surface area (Å²) in [6, 6.07) is 16.1. The number of amides is 1. The van der Waals surface area contributed by atoms with Gasteiger partial charge in [0.15, 0.2) is 14.6 Å². The normalized spacial score (nSPS) is 22.7. The zero-order valence-electron chi connectivity index (χ0n) is 16.7. The fraction of sp³-hybridized carbons (Fsp3) is 0.381. The van der Waals surface area contributed by atoms with E-state index in [0.717, 1.165) is 9.79 Å². The number of nitrogens with two attached hydrogens (primary N) is 1. The van der Waals surface area contributed by atoms with E-state index in [9.17, 15) is 18.3 Å². The highest BCUT2D eigenvalue weighted by molar-refractivity contribution is 7.99. The molecule has 2 aromatic carbocycles. The topological polar surface area (TPSA) is 110 Å². The lowest BCUT2D eigenvalue weighted by atomic mass is 9.93. The summed E-state index contributed by atoms with van der Waals surface area (Å²) in [5.41, 5.74) is 5.59. The number of piperidine rings is 1. The number of hydrogen-bond donors (Lipinski definition) is 2. The number of aliphatic hydroxyl groups is 1. The summed E-state index contributed by atoms with van der Waals surface area (Å²) in [6.07, 6.45) is -1.34. The van der Waals surface area contributed by atoms with Crippen LogP contribution < -0.4 is 5.73 Å². The number of sulfone groups is 1. The van der Waals surface area contributed by atoms with Crippen molar-refractivity contribution in [2.24, 2.45) is 5.73 Å². The Morgan fingerprint density at radius 2 is 1.83 bits per heavy atom. The van der Waals surface area contributed by atoms with Gasteiger partial charge in [0.25, 0.3) is 0 Å². The number of carbonyl (C=O) groups excluding carboxylic acids is 1. The van der Waals surface area contributed by atoms with E-state index in [1.807, 2.05) is 30.3 Å². The van der Waals surface area contributed by atoms with Gasteiger partial charge in [-0.05, 0) is 42.8 Å². The van der Waals surface area contributed by atoms with E-state index in [1.165, 1.54) is 23.9 Å². The van der Waals surface area contributed by atoms with E-state index >= 15 is 0 Å². The third-order valence-corrected chi connectivity index (χ3v) is 8.90. The number of primary amides is 1. The van der Waals surface area contributed by atoms with Crippen LogP contribution in [-0.2, 0) is 19.4 Å². The van der Waals surface area contributed by atoms with Crippen molar-refractivity contribution in [2.75, 3.05) is 26.8 Å². The lowest BCUT2D eigenvalue weighted by Crippen LogP contribution is -2.60. The van der Waals surface area contributed by atoms with Gasteiger partial charge >= 0.3 is 0 Å². The number of hydrogen-bond acceptors (Lipinski definition) is 7. The molecule has 0 aromatic heterocycles. The van der Waals surface area contributed by atoms with E-state index < -0.39 is 26.7 Å². The monoisotopic (exact) mass is 450 g/mol. The second-order valence-electron chi connectivity index (χ2n) is 7.21. The van der Waals surface area contributed by atoms with E-state index in [0.29, 0.717) is 13.2 Å². The van der Waals surface area contributed by atoms with Crippen LogP contribution in [0, 0.1) is 0 Å². The predicted octanol–water partition coefficient (Wildman–Crippen LogP) is 1.90. The van der Waals surface area contributed by atoms with Crippen LogP contribution in [0.1, 0.15) is 12.8 Å². The molecule has 3 N–H and O–H groups in total. The van der Waals surface area contributed by atoms with Crippen LogP contribution in [0.5, 0.6) is 0 Å². The molecule has 9 heteroatoms. The highest BCUT2D eigenvalue weighted by atomic mass is 32.2. The molecule has 1 saturated heterocycles. The maximum Gasteiger partial charge on any atom is 0.239 e. The summed E-state index contributed by atoms with van der Waals surface area (Å²) >= 11 is 1.51. The maximum absolute atomic E-state index is 13.4. The molecule has 30 heavy (non-hydrogen) atoms. The lowest BCUT2D eigenvalue weighted by molar-refractivity contribution is -0.126. The number of ether oxygens (including phenoxy) is 1. The summed E-state index contributed by atoms with van der Waals surface area (Å²) in [4.78, 5) is 16.0. The average molecular weight is 451 g/mol. The molecule has 1 aliphatic rings. The Bertz CT molecular complexity index is 967. The van der Waals surface area contributed by atoms with Gasteiger partial charge in [-0.2, -0.15) is 0 Å². The standard InChI is InChI=1S/C21H26N2O5S2/c1-28-14-13-23-12-11-21(20(22)25,15-19(23)24)30(26,27)18-9-7-17(8-10-18)29-16-5-3-2-4-6-16/h2-10,19,24H,11-15H2,1H3,(H2,22,25). The molecule has 0 saturated carbocycles. The molecule has 0 spiro atoms. The van der Waals surface area contributed by atoms with Gasteiger partial charge in [-0.15, -0.1) is 0 Å². The highest BCUT2D eigenvalue weighted by Gasteiger charge is 2.54. The van der Waals surface area contributed by atoms with Crippen molar-refractivity contribution in [2.45, 2.75) is 38.5 Å². The van der Waals surface area contributed by atoms with E-state index in [4.69, 9.17) is 10.5 Å². The quantitative estimate of drug-likeness (QED) is 0.632. The van der Waals surface area contributed by atoms with Crippen LogP contribution in [0.15, 0.2) is 69.3 Å². The van der Waals surface area contributed by atoms with Crippen molar-refractivity contribution < 1.29 is 23.1 Å². The minimum Gasteiger partial charge on any atom is -0.383 e. The molecule has 0 bridgehead atoms.